The van der Waals surface area contributed by atoms with Crippen LogP contribution in [0.15, 0.2) is 5.16 Å². The molecule has 4 nitrogen and oxygen atoms in total. The summed E-state index contributed by atoms with van der Waals surface area (Å²) in [4.78, 5) is 11.2. The van der Waals surface area contributed by atoms with Crippen molar-refractivity contribution in [3.8, 4) is 0 Å². The van der Waals surface area contributed by atoms with Crippen LogP contribution in [-0.4, -0.2) is 36.9 Å². The summed E-state index contributed by atoms with van der Waals surface area (Å²) < 4.78 is 0. The fraction of sp³-hybridized carbons (Fsp3) is 0.600. The van der Waals surface area contributed by atoms with Crippen molar-refractivity contribution in [2.75, 3.05) is 31.8 Å². The summed E-state index contributed by atoms with van der Waals surface area (Å²) >= 11 is 1.60. The summed E-state index contributed by atoms with van der Waals surface area (Å²) in [5.41, 5.74) is 2.46. The van der Waals surface area contributed by atoms with E-state index in [0.29, 0.717) is 0 Å². The van der Waals surface area contributed by atoms with Crippen molar-refractivity contribution in [2.24, 2.45) is 0 Å². The maximum atomic E-state index is 4.55. The lowest BCUT2D eigenvalue weighted by molar-refractivity contribution is 0.612. The standard InChI is InChI=1S/C10H16N4S/c1-14(2)9-7-4-5-11-6-8(7)12-10(13-9)15-3/h11H,4-6H2,1-3H3. The molecule has 15 heavy (non-hydrogen) atoms. The molecule has 82 valence electrons. The highest BCUT2D eigenvalue weighted by Gasteiger charge is 2.18. The molecule has 0 bridgehead atoms. The van der Waals surface area contributed by atoms with Gasteiger partial charge in [0, 0.05) is 26.2 Å². The van der Waals surface area contributed by atoms with Crippen molar-refractivity contribution in [1.82, 2.24) is 15.3 Å². The molecule has 5 heteroatoms. The average Bonchev–Trinajstić information content (AvgIpc) is 2.27. The molecule has 0 aromatic carbocycles. The molecule has 0 amide bonds. The van der Waals surface area contributed by atoms with Crippen LogP contribution in [-0.2, 0) is 13.0 Å². The molecule has 0 fully saturated rings. The van der Waals surface area contributed by atoms with Crippen LogP contribution in [0.3, 0.4) is 0 Å². The summed E-state index contributed by atoms with van der Waals surface area (Å²) in [5, 5.41) is 4.20. The molecule has 1 aliphatic heterocycles. The van der Waals surface area contributed by atoms with E-state index >= 15 is 0 Å². The first-order chi connectivity index (χ1) is 7.22. The second-order valence-electron chi connectivity index (χ2n) is 3.78. The topological polar surface area (TPSA) is 41.1 Å². The quantitative estimate of drug-likeness (QED) is 0.597. The monoisotopic (exact) mass is 224 g/mol. The lowest BCUT2D eigenvalue weighted by Crippen LogP contribution is -2.28. The fourth-order valence-electron chi connectivity index (χ4n) is 1.78. The summed E-state index contributed by atoms with van der Waals surface area (Å²) in [6.07, 6.45) is 3.04. The number of nitrogens with one attached hydrogen (secondary N) is 1. The minimum atomic E-state index is 0.862. The highest BCUT2D eigenvalue weighted by atomic mass is 32.2. The Morgan fingerprint density at radius 1 is 1.33 bits per heavy atom. The van der Waals surface area contributed by atoms with Gasteiger partial charge in [0.25, 0.3) is 0 Å². The zero-order chi connectivity index (χ0) is 10.8. The Labute approximate surface area is 94.5 Å². The van der Waals surface area contributed by atoms with Gasteiger partial charge in [-0.25, -0.2) is 9.97 Å². The number of rotatable bonds is 2. The van der Waals surface area contributed by atoms with Gasteiger partial charge in [-0.15, -0.1) is 0 Å². The molecule has 0 saturated carbocycles. The first-order valence-corrected chi connectivity index (χ1v) is 6.26. The number of hydrogen-bond acceptors (Lipinski definition) is 5. The second-order valence-corrected chi connectivity index (χ2v) is 4.55. The van der Waals surface area contributed by atoms with E-state index in [-0.39, 0.29) is 0 Å². The van der Waals surface area contributed by atoms with Crippen LogP contribution in [0, 0.1) is 0 Å². The Kier molecular flexibility index (Phi) is 3.11. The number of aromatic nitrogens is 2. The molecule has 1 aromatic heterocycles. The molecule has 0 atom stereocenters. The van der Waals surface area contributed by atoms with E-state index in [1.165, 1.54) is 5.56 Å². The van der Waals surface area contributed by atoms with Gasteiger partial charge in [-0.2, -0.15) is 0 Å². The molecular formula is C10H16N4S. The Morgan fingerprint density at radius 2 is 2.13 bits per heavy atom. The molecule has 2 heterocycles. The van der Waals surface area contributed by atoms with Crippen molar-refractivity contribution in [1.29, 1.82) is 0 Å². The molecule has 2 rings (SSSR count). The van der Waals surface area contributed by atoms with Crippen LogP contribution < -0.4 is 10.2 Å². The number of thioether (sulfide) groups is 1. The minimum absolute atomic E-state index is 0.862. The van der Waals surface area contributed by atoms with E-state index in [1.54, 1.807) is 11.8 Å². The van der Waals surface area contributed by atoms with E-state index in [9.17, 15) is 0 Å². The van der Waals surface area contributed by atoms with E-state index in [2.05, 4.69) is 20.2 Å². The zero-order valence-corrected chi connectivity index (χ0v) is 10.2. The van der Waals surface area contributed by atoms with Crippen molar-refractivity contribution in [3.05, 3.63) is 11.3 Å². The average molecular weight is 224 g/mol. The van der Waals surface area contributed by atoms with Gasteiger partial charge < -0.3 is 10.2 Å². The lowest BCUT2D eigenvalue weighted by Gasteiger charge is -2.23. The van der Waals surface area contributed by atoms with Crippen LogP contribution >= 0.6 is 11.8 Å². The van der Waals surface area contributed by atoms with Crippen molar-refractivity contribution in [3.63, 3.8) is 0 Å². The SMILES string of the molecule is CSc1nc2c(c(N(C)C)n1)CCNC2. The molecule has 1 aliphatic rings. The van der Waals surface area contributed by atoms with Crippen LogP contribution in [0.25, 0.3) is 0 Å². The first kappa shape index (κ1) is 10.7. The molecule has 0 aliphatic carbocycles. The number of hydrogen-bond donors (Lipinski definition) is 1. The smallest absolute Gasteiger partial charge is 0.189 e. The summed E-state index contributed by atoms with van der Waals surface area (Å²) in [6.45, 7) is 1.89. The highest BCUT2D eigenvalue weighted by Crippen LogP contribution is 2.24. The maximum Gasteiger partial charge on any atom is 0.189 e. The van der Waals surface area contributed by atoms with Gasteiger partial charge in [0.15, 0.2) is 5.16 Å². The highest BCUT2D eigenvalue weighted by molar-refractivity contribution is 7.98. The molecule has 1 N–H and O–H groups in total. The molecule has 0 spiro atoms. The van der Waals surface area contributed by atoms with Crippen molar-refractivity contribution >= 4 is 17.6 Å². The van der Waals surface area contributed by atoms with Crippen molar-refractivity contribution < 1.29 is 0 Å². The predicted octanol–water partition coefficient (Wildman–Crippen LogP) is 0.910. The Balaban J connectivity index is 2.50. The Morgan fingerprint density at radius 3 is 2.80 bits per heavy atom. The van der Waals surface area contributed by atoms with E-state index in [1.807, 2.05) is 20.4 Å². The predicted molar refractivity (Wildman–Crippen MR) is 63.6 cm³/mol. The van der Waals surface area contributed by atoms with Gasteiger partial charge in [0.1, 0.15) is 5.82 Å². The summed E-state index contributed by atoms with van der Waals surface area (Å²) in [6, 6.07) is 0. The molecule has 0 unspecified atom stereocenters. The van der Waals surface area contributed by atoms with E-state index in [4.69, 9.17) is 0 Å². The summed E-state index contributed by atoms with van der Waals surface area (Å²) in [7, 11) is 4.07. The van der Waals surface area contributed by atoms with E-state index in [0.717, 1.165) is 36.2 Å². The molecule has 0 radical (unpaired) electrons. The first-order valence-electron chi connectivity index (χ1n) is 5.04. The van der Waals surface area contributed by atoms with Gasteiger partial charge in [-0.05, 0) is 19.2 Å². The second kappa shape index (κ2) is 4.37. The maximum absolute atomic E-state index is 4.55. The van der Waals surface area contributed by atoms with Gasteiger partial charge in [-0.1, -0.05) is 11.8 Å². The van der Waals surface area contributed by atoms with Gasteiger partial charge in [-0.3, -0.25) is 0 Å². The molecule has 1 aromatic rings. The minimum Gasteiger partial charge on any atom is -0.362 e. The third-order valence-electron chi connectivity index (χ3n) is 2.50. The van der Waals surface area contributed by atoms with Gasteiger partial charge >= 0.3 is 0 Å². The third-order valence-corrected chi connectivity index (χ3v) is 3.05. The van der Waals surface area contributed by atoms with Crippen LogP contribution in [0.1, 0.15) is 11.3 Å². The fourth-order valence-corrected chi connectivity index (χ4v) is 2.16. The van der Waals surface area contributed by atoms with Crippen LogP contribution in [0.4, 0.5) is 5.82 Å². The zero-order valence-electron chi connectivity index (χ0n) is 9.37. The van der Waals surface area contributed by atoms with E-state index < -0.39 is 0 Å². The van der Waals surface area contributed by atoms with Crippen LogP contribution in [0.2, 0.25) is 0 Å². The van der Waals surface area contributed by atoms with Crippen LogP contribution in [0.5, 0.6) is 0 Å². The largest absolute Gasteiger partial charge is 0.362 e. The Bertz CT molecular complexity index is 365. The van der Waals surface area contributed by atoms with Gasteiger partial charge in [0.2, 0.25) is 0 Å². The van der Waals surface area contributed by atoms with Gasteiger partial charge in [0.05, 0.1) is 5.69 Å². The normalized spacial score (nSPS) is 14.9. The number of fused-ring (bicyclic) bond motifs is 1. The lowest BCUT2D eigenvalue weighted by atomic mass is 10.1. The molecule has 0 saturated heterocycles. The summed E-state index contributed by atoms with van der Waals surface area (Å²) in [5.74, 6) is 1.07. The van der Waals surface area contributed by atoms with Crippen molar-refractivity contribution in [2.45, 2.75) is 18.1 Å². The number of nitrogens with zero attached hydrogens (tertiary/aromatic N) is 3. The Hall–Kier alpha value is -0.810. The molecular weight excluding hydrogens is 208 g/mol. The number of anilines is 1. The third kappa shape index (κ3) is 2.08.